The maximum atomic E-state index is 6.21. The highest BCUT2D eigenvalue weighted by Crippen LogP contribution is 2.27. The van der Waals surface area contributed by atoms with Gasteiger partial charge in [-0.2, -0.15) is 0 Å². The lowest BCUT2D eigenvalue weighted by Crippen LogP contribution is -2.42. The van der Waals surface area contributed by atoms with Gasteiger partial charge in [0.05, 0.1) is 6.10 Å². The number of hydrogen-bond acceptors (Lipinski definition) is 3. The molecule has 0 bridgehead atoms. The highest BCUT2D eigenvalue weighted by atomic mass is 16.5. The van der Waals surface area contributed by atoms with Crippen LogP contribution in [-0.4, -0.2) is 37.2 Å². The molecule has 1 aliphatic carbocycles. The summed E-state index contributed by atoms with van der Waals surface area (Å²) in [6.45, 7) is 5.50. The van der Waals surface area contributed by atoms with Gasteiger partial charge in [0.15, 0.2) is 0 Å². The van der Waals surface area contributed by atoms with Crippen LogP contribution in [0.4, 0.5) is 0 Å². The standard InChI is InChI=1S/C16H24N2O/c1-4-8-16(19-15-6-2-3-7-15)14(5-1)13-18-11-9-17-10-12-18/h1,4-5,8,15,17H,2-3,6-7,9-13H2. The van der Waals surface area contributed by atoms with E-state index in [1.54, 1.807) is 0 Å². The first-order valence-corrected chi connectivity index (χ1v) is 7.59. The van der Waals surface area contributed by atoms with Gasteiger partial charge in [0, 0.05) is 38.3 Å². The molecule has 0 aromatic heterocycles. The van der Waals surface area contributed by atoms with E-state index >= 15 is 0 Å². The summed E-state index contributed by atoms with van der Waals surface area (Å²) in [5.41, 5.74) is 1.34. The lowest BCUT2D eigenvalue weighted by molar-refractivity contribution is 0.196. The van der Waals surface area contributed by atoms with Crippen LogP contribution in [0.25, 0.3) is 0 Å². The molecule has 1 saturated carbocycles. The van der Waals surface area contributed by atoms with Crippen molar-refractivity contribution in [2.45, 2.75) is 38.3 Å². The molecule has 104 valence electrons. The average Bonchev–Trinajstić information content (AvgIpc) is 2.95. The Hall–Kier alpha value is -1.06. The van der Waals surface area contributed by atoms with Crippen LogP contribution in [0.3, 0.4) is 0 Å². The van der Waals surface area contributed by atoms with Gasteiger partial charge >= 0.3 is 0 Å². The van der Waals surface area contributed by atoms with E-state index in [-0.39, 0.29) is 0 Å². The lowest BCUT2D eigenvalue weighted by Gasteiger charge is -2.28. The maximum Gasteiger partial charge on any atom is 0.124 e. The van der Waals surface area contributed by atoms with Gasteiger partial charge in [0.1, 0.15) is 5.75 Å². The molecule has 1 N–H and O–H groups in total. The fourth-order valence-corrected chi connectivity index (χ4v) is 3.05. The number of hydrogen-bond donors (Lipinski definition) is 1. The molecule has 0 amide bonds. The Morgan fingerprint density at radius 3 is 2.63 bits per heavy atom. The van der Waals surface area contributed by atoms with Crippen LogP contribution in [0, 0.1) is 0 Å². The predicted molar refractivity (Wildman–Crippen MR) is 77.5 cm³/mol. The van der Waals surface area contributed by atoms with Gasteiger partial charge in [-0.05, 0) is 31.7 Å². The number of ether oxygens (including phenoxy) is 1. The Morgan fingerprint density at radius 2 is 1.84 bits per heavy atom. The van der Waals surface area contributed by atoms with Crippen LogP contribution in [0.5, 0.6) is 5.75 Å². The maximum absolute atomic E-state index is 6.21. The summed E-state index contributed by atoms with van der Waals surface area (Å²) >= 11 is 0. The highest BCUT2D eigenvalue weighted by Gasteiger charge is 2.18. The second kappa shape index (κ2) is 6.40. The summed E-state index contributed by atoms with van der Waals surface area (Å²) < 4.78 is 6.21. The molecular weight excluding hydrogens is 236 g/mol. The van der Waals surface area contributed by atoms with E-state index in [1.807, 2.05) is 0 Å². The van der Waals surface area contributed by atoms with E-state index in [0.29, 0.717) is 6.10 Å². The number of benzene rings is 1. The summed E-state index contributed by atoms with van der Waals surface area (Å²) in [7, 11) is 0. The Kier molecular flexibility index (Phi) is 4.36. The summed E-state index contributed by atoms with van der Waals surface area (Å²) in [6.07, 6.45) is 5.54. The summed E-state index contributed by atoms with van der Waals surface area (Å²) in [6, 6.07) is 8.56. The van der Waals surface area contributed by atoms with E-state index in [4.69, 9.17) is 4.74 Å². The summed E-state index contributed by atoms with van der Waals surface area (Å²) in [5, 5.41) is 3.40. The fraction of sp³-hybridized carbons (Fsp3) is 0.625. The van der Waals surface area contributed by atoms with Crippen molar-refractivity contribution in [2.24, 2.45) is 0 Å². The third-order valence-electron chi connectivity index (χ3n) is 4.17. The van der Waals surface area contributed by atoms with Crippen molar-refractivity contribution in [3.63, 3.8) is 0 Å². The Morgan fingerprint density at radius 1 is 1.11 bits per heavy atom. The molecule has 1 heterocycles. The topological polar surface area (TPSA) is 24.5 Å². The van der Waals surface area contributed by atoms with Gasteiger partial charge in [-0.1, -0.05) is 18.2 Å². The largest absolute Gasteiger partial charge is 0.490 e. The summed E-state index contributed by atoms with van der Waals surface area (Å²) in [4.78, 5) is 2.51. The molecule has 3 nitrogen and oxygen atoms in total. The van der Waals surface area contributed by atoms with E-state index in [0.717, 1.165) is 38.5 Å². The Balaban J connectivity index is 1.65. The van der Waals surface area contributed by atoms with Crippen LogP contribution in [0.15, 0.2) is 24.3 Å². The van der Waals surface area contributed by atoms with Crippen LogP contribution in [0.2, 0.25) is 0 Å². The van der Waals surface area contributed by atoms with Crippen molar-refractivity contribution >= 4 is 0 Å². The minimum atomic E-state index is 0.448. The van der Waals surface area contributed by atoms with Crippen molar-refractivity contribution in [3.8, 4) is 5.75 Å². The number of piperazine rings is 1. The van der Waals surface area contributed by atoms with E-state index in [1.165, 1.54) is 31.2 Å². The number of rotatable bonds is 4. The third-order valence-corrected chi connectivity index (χ3v) is 4.17. The minimum absolute atomic E-state index is 0.448. The van der Waals surface area contributed by atoms with Crippen molar-refractivity contribution < 1.29 is 4.74 Å². The number of para-hydroxylation sites is 1. The van der Waals surface area contributed by atoms with Crippen LogP contribution >= 0.6 is 0 Å². The molecule has 2 aliphatic rings. The zero-order valence-corrected chi connectivity index (χ0v) is 11.6. The number of nitrogens with zero attached hydrogens (tertiary/aromatic N) is 1. The quantitative estimate of drug-likeness (QED) is 0.900. The van der Waals surface area contributed by atoms with Gasteiger partial charge in [0.2, 0.25) is 0 Å². The van der Waals surface area contributed by atoms with Gasteiger partial charge in [-0.25, -0.2) is 0 Å². The van der Waals surface area contributed by atoms with Crippen LogP contribution < -0.4 is 10.1 Å². The molecule has 1 aromatic rings. The van der Waals surface area contributed by atoms with Crippen molar-refractivity contribution in [1.29, 1.82) is 0 Å². The molecule has 0 radical (unpaired) electrons. The fourth-order valence-electron chi connectivity index (χ4n) is 3.05. The van der Waals surface area contributed by atoms with Gasteiger partial charge in [0.25, 0.3) is 0 Å². The molecule has 0 atom stereocenters. The molecule has 1 saturated heterocycles. The molecule has 1 aliphatic heterocycles. The van der Waals surface area contributed by atoms with Crippen molar-refractivity contribution in [1.82, 2.24) is 10.2 Å². The molecule has 3 rings (SSSR count). The predicted octanol–water partition coefficient (Wildman–Crippen LogP) is 2.41. The van der Waals surface area contributed by atoms with Crippen molar-refractivity contribution in [3.05, 3.63) is 29.8 Å². The van der Waals surface area contributed by atoms with E-state index in [9.17, 15) is 0 Å². The summed E-state index contributed by atoms with van der Waals surface area (Å²) in [5.74, 6) is 1.10. The SMILES string of the molecule is c1ccc(OC2CCCC2)c(CN2CCNCC2)c1. The first-order valence-electron chi connectivity index (χ1n) is 7.59. The van der Waals surface area contributed by atoms with Crippen molar-refractivity contribution in [2.75, 3.05) is 26.2 Å². The second-order valence-electron chi connectivity index (χ2n) is 5.66. The molecule has 19 heavy (non-hydrogen) atoms. The zero-order valence-electron chi connectivity index (χ0n) is 11.6. The van der Waals surface area contributed by atoms with E-state index < -0.39 is 0 Å². The Labute approximate surface area is 115 Å². The number of nitrogens with one attached hydrogen (secondary N) is 1. The monoisotopic (exact) mass is 260 g/mol. The van der Waals surface area contributed by atoms with Gasteiger partial charge < -0.3 is 10.1 Å². The molecule has 0 spiro atoms. The first kappa shape index (κ1) is 12.9. The van der Waals surface area contributed by atoms with Crippen LogP contribution in [-0.2, 0) is 6.54 Å². The molecule has 1 aromatic carbocycles. The minimum Gasteiger partial charge on any atom is -0.490 e. The molecule has 0 unspecified atom stereocenters. The molecular formula is C16H24N2O. The highest BCUT2D eigenvalue weighted by molar-refractivity contribution is 5.33. The average molecular weight is 260 g/mol. The van der Waals surface area contributed by atoms with Gasteiger partial charge in [-0.15, -0.1) is 0 Å². The smallest absolute Gasteiger partial charge is 0.124 e. The normalized spacial score (nSPS) is 21.7. The second-order valence-corrected chi connectivity index (χ2v) is 5.66. The third kappa shape index (κ3) is 3.48. The molecule has 2 fully saturated rings. The Bertz CT molecular complexity index is 395. The zero-order chi connectivity index (χ0) is 12.9. The lowest BCUT2D eigenvalue weighted by atomic mass is 10.1. The first-order chi connectivity index (χ1) is 9.42. The van der Waals surface area contributed by atoms with Crippen LogP contribution in [0.1, 0.15) is 31.2 Å². The molecule has 3 heteroatoms. The van der Waals surface area contributed by atoms with Gasteiger partial charge in [-0.3, -0.25) is 4.90 Å². The van der Waals surface area contributed by atoms with E-state index in [2.05, 4.69) is 34.5 Å².